The molecule has 1 aromatic heterocycles. The highest BCUT2D eigenvalue weighted by atomic mass is 35.5. The van der Waals surface area contributed by atoms with Gasteiger partial charge in [-0.25, -0.2) is 4.98 Å². The highest BCUT2D eigenvalue weighted by Crippen LogP contribution is 1.91. The summed E-state index contributed by atoms with van der Waals surface area (Å²) in [6, 6.07) is 0. The maximum Gasteiger partial charge on any atom is 0.0945 e. The van der Waals surface area contributed by atoms with Crippen LogP contribution < -0.4 is 5.73 Å². The summed E-state index contributed by atoms with van der Waals surface area (Å²) in [4.78, 5) is 3.88. The molecule has 0 aliphatic carbocycles. The smallest absolute Gasteiger partial charge is 0.0945 e. The summed E-state index contributed by atoms with van der Waals surface area (Å²) >= 11 is 0. The number of aryl methyl sites for hydroxylation is 1. The maximum atomic E-state index is 5.33. The Bertz CT molecular complexity index is 175. The van der Waals surface area contributed by atoms with Gasteiger partial charge in [-0.2, -0.15) is 0 Å². The van der Waals surface area contributed by atoms with Crippen LogP contribution in [0.25, 0.3) is 0 Å². The van der Waals surface area contributed by atoms with Crippen molar-refractivity contribution in [3.63, 3.8) is 0 Å². The zero-order chi connectivity index (χ0) is 5.98. The fourth-order valence-corrected chi connectivity index (χ4v) is 0.581. The molecule has 0 unspecified atom stereocenters. The first kappa shape index (κ1) is 12.4. The van der Waals surface area contributed by atoms with Crippen LogP contribution in [0, 0.1) is 0 Å². The van der Waals surface area contributed by atoms with E-state index in [1.165, 1.54) is 0 Å². The van der Waals surface area contributed by atoms with Crippen molar-refractivity contribution in [2.75, 3.05) is 0 Å². The SMILES string of the molecule is Cl.Cl.Cn1cncc1CN. The predicted octanol–water partition coefficient (Wildman–Crippen LogP) is 0.722. The van der Waals surface area contributed by atoms with E-state index in [-0.39, 0.29) is 24.8 Å². The van der Waals surface area contributed by atoms with Gasteiger partial charge in [0, 0.05) is 19.8 Å². The second kappa shape index (κ2) is 5.53. The molecule has 0 aliphatic rings. The normalized spacial score (nSPS) is 7.80. The fraction of sp³-hybridized carbons (Fsp3) is 0.400. The van der Waals surface area contributed by atoms with E-state index in [9.17, 15) is 0 Å². The van der Waals surface area contributed by atoms with Gasteiger partial charge < -0.3 is 10.3 Å². The van der Waals surface area contributed by atoms with E-state index < -0.39 is 0 Å². The van der Waals surface area contributed by atoms with E-state index in [2.05, 4.69) is 4.98 Å². The Labute approximate surface area is 72.4 Å². The van der Waals surface area contributed by atoms with E-state index >= 15 is 0 Å². The molecule has 1 aromatic rings. The van der Waals surface area contributed by atoms with Crippen molar-refractivity contribution in [2.24, 2.45) is 12.8 Å². The Morgan fingerprint density at radius 3 is 2.40 bits per heavy atom. The van der Waals surface area contributed by atoms with Gasteiger partial charge >= 0.3 is 0 Å². The molecule has 0 aromatic carbocycles. The third kappa shape index (κ3) is 2.56. The van der Waals surface area contributed by atoms with Gasteiger partial charge in [-0.05, 0) is 0 Å². The Kier molecular flexibility index (Phi) is 6.87. The second-order valence-electron chi connectivity index (χ2n) is 1.70. The van der Waals surface area contributed by atoms with Crippen LogP contribution in [-0.4, -0.2) is 9.55 Å². The van der Waals surface area contributed by atoms with Crippen molar-refractivity contribution in [3.05, 3.63) is 18.2 Å². The van der Waals surface area contributed by atoms with Gasteiger partial charge in [0.2, 0.25) is 0 Å². The van der Waals surface area contributed by atoms with Crippen LogP contribution in [0.3, 0.4) is 0 Å². The zero-order valence-corrected chi connectivity index (χ0v) is 7.28. The summed E-state index contributed by atoms with van der Waals surface area (Å²) in [5.41, 5.74) is 6.39. The van der Waals surface area contributed by atoms with E-state index in [0.717, 1.165) is 5.69 Å². The number of rotatable bonds is 1. The molecule has 0 atom stereocenters. The van der Waals surface area contributed by atoms with Crippen LogP contribution >= 0.6 is 24.8 Å². The van der Waals surface area contributed by atoms with Crippen molar-refractivity contribution in [1.82, 2.24) is 9.55 Å². The molecule has 0 saturated heterocycles. The first-order valence-corrected chi connectivity index (χ1v) is 2.50. The largest absolute Gasteiger partial charge is 0.337 e. The molecular weight excluding hydrogens is 173 g/mol. The maximum absolute atomic E-state index is 5.33. The number of hydrogen-bond acceptors (Lipinski definition) is 2. The van der Waals surface area contributed by atoms with Crippen molar-refractivity contribution in [2.45, 2.75) is 6.54 Å². The summed E-state index contributed by atoms with van der Waals surface area (Å²) < 4.78 is 1.90. The Morgan fingerprint density at radius 2 is 2.20 bits per heavy atom. The van der Waals surface area contributed by atoms with E-state index in [1.54, 1.807) is 12.5 Å². The first-order valence-electron chi connectivity index (χ1n) is 2.50. The Hall–Kier alpha value is -0.250. The van der Waals surface area contributed by atoms with Crippen LogP contribution in [0.15, 0.2) is 12.5 Å². The van der Waals surface area contributed by atoms with Gasteiger partial charge in [0.25, 0.3) is 0 Å². The molecule has 0 bridgehead atoms. The zero-order valence-electron chi connectivity index (χ0n) is 5.65. The molecule has 2 N–H and O–H groups in total. The van der Waals surface area contributed by atoms with Crippen LogP contribution in [-0.2, 0) is 13.6 Å². The van der Waals surface area contributed by atoms with Crippen LogP contribution in [0.5, 0.6) is 0 Å². The molecule has 0 amide bonds. The lowest BCUT2D eigenvalue weighted by Gasteiger charge is -1.93. The number of halogens is 2. The standard InChI is InChI=1S/C5H9N3.2ClH/c1-8-4-7-3-5(8)2-6;;/h3-4H,2,6H2,1H3;2*1H. The summed E-state index contributed by atoms with van der Waals surface area (Å²) in [7, 11) is 1.93. The van der Waals surface area contributed by atoms with Crippen LogP contribution in [0.2, 0.25) is 0 Å². The van der Waals surface area contributed by atoms with Crippen molar-refractivity contribution >= 4 is 24.8 Å². The number of imidazole rings is 1. The third-order valence-electron chi connectivity index (χ3n) is 1.13. The van der Waals surface area contributed by atoms with Gasteiger partial charge in [-0.3, -0.25) is 0 Å². The van der Waals surface area contributed by atoms with E-state index in [4.69, 9.17) is 5.73 Å². The van der Waals surface area contributed by atoms with Crippen molar-refractivity contribution < 1.29 is 0 Å². The number of aromatic nitrogens is 2. The summed E-state index contributed by atoms with van der Waals surface area (Å²) in [5.74, 6) is 0. The van der Waals surface area contributed by atoms with Crippen molar-refractivity contribution in [3.8, 4) is 0 Å². The lowest BCUT2D eigenvalue weighted by molar-refractivity contribution is 0.820. The lowest BCUT2D eigenvalue weighted by Crippen LogP contribution is -2.01. The van der Waals surface area contributed by atoms with Crippen LogP contribution in [0.1, 0.15) is 5.69 Å². The molecule has 0 fully saturated rings. The number of nitrogens with two attached hydrogens (primary N) is 1. The molecule has 0 saturated carbocycles. The second-order valence-corrected chi connectivity index (χ2v) is 1.70. The molecule has 5 heteroatoms. The fourth-order valence-electron chi connectivity index (χ4n) is 0.581. The summed E-state index contributed by atoms with van der Waals surface area (Å²) in [6.07, 6.45) is 3.50. The summed E-state index contributed by atoms with van der Waals surface area (Å²) in [5, 5.41) is 0. The molecular formula is C5H11Cl2N3. The molecule has 0 aliphatic heterocycles. The monoisotopic (exact) mass is 183 g/mol. The molecule has 0 spiro atoms. The average Bonchev–Trinajstić information content (AvgIpc) is 2.14. The average molecular weight is 184 g/mol. The summed E-state index contributed by atoms with van der Waals surface area (Å²) in [6.45, 7) is 0.566. The molecule has 1 heterocycles. The first-order chi connectivity index (χ1) is 3.84. The minimum Gasteiger partial charge on any atom is -0.337 e. The predicted molar refractivity (Wildman–Crippen MR) is 45.6 cm³/mol. The van der Waals surface area contributed by atoms with Crippen LogP contribution in [0.4, 0.5) is 0 Å². The van der Waals surface area contributed by atoms with Gasteiger partial charge in [0.1, 0.15) is 0 Å². The Balaban J connectivity index is 0. The van der Waals surface area contributed by atoms with E-state index in [1.807, 2.05) is 11.6 Å². The van der Waals surface area contributed by atoms with E-state index in [0.29, 0.717) is 6.54 Å². The minimum atomic E-state index is 0. The molecule has 0 radical (unpaired) electrons. The van der Waals surface area contributed by atoms with Gasteiger partial charge in [-0.1, -0.05) is 0 Å². The van der Waals surface area contributed by atoms with Crippen molar-refractivity contribution in [1.29, 1.82) is 0 Å². The Morgan fingerprint density at radius 1 is 1.60 bits per heavy atom. The minimum absolute atomic E-state index is 0. The van der Waals surface area contributed by atoms with Gasteiger partial charge in [0.05, 0.1) is 12.0 Å². The molecule has 3 nitrogen and oxygen atoms in total. The highest BCUT2D eigenvalue weighted by Gasteiger charge is 1.90. The van der Waals surface area contributed by atoms with Gasteiger partial charge in [-0.15, -0.1) is 24.8 Å². The topological polar surface area (TPSA) is 43.8 Å². The third-order valence-corrected chi connectivity index (χ3v) is 1.13. The molecule has 60 valence electrons. The quantitative estimate of drug-likeness (QED) is 0.698. The molecule has 1 rings (SSSR count). The molecule has 10 heavy (non-hydrogen) atoms. The lowest BCUT2D eigenvalue weighted by atomic mass is 10.5. The van der Waals surface area contributed by atoms with Gasteiger partial charge in [0.15, 0.2) is 0 Å². The number of hydrogen-bond donors (Lipinski definition) is 1. The number of nitrogens with zero attached hydrogens (tertiary/aromatic N) is 2. The highest BCUT2D eigenvalue weighted by molar-refractivity contribution is 5.85.